The number of hydrogen-bond acceptors (Lipinski definition) is 5. The van der Waals surface area contributed by atoms with E-state index in [1.165, 1.54) is 0 Å². The summed E-state index contributed by atoms with van der Waals surface area (Å²) < 4.78 is 11.6. The van der Waals surface area contributed by atoms with Crippen molar-refractivity contribution >= 4 is 5.88 Å². The topological polar surface area (TPSA) is 75.5 Å². The van der Waals surface area contributed by atoms with E-state index in [0.717, 1.165) is 49.5 Å². The van der Waals surface area contributed by atoms with Crippen molar-refractivity contribution in [3.63, 3.8) is 0 Å². The molecule has 1 heterocycles. The molecule has 0 unspecified atom stereocenters. The first kappa shape index (κ1) is 21.4. The van der Waals surface area contributed by atoms with Crippen LogP contribution in [0.5, 0.6) is 5.75 Å². The number of benzene rings is 2. The van der Waals surface area contributed by atoms with Gasteiger partial charge >= 0.3 is 0 Å². The van der Waals surface area contributed by atoms with Gasteiger partial charge < -0.3 is 19.4 Å². The Morgan fingerprint density at radius 3 is 2.47 bits per heavy atom. The van der Waals surface area contributed by atoms with Crippen LogP contribution in [0.1, 0.15) is 31.5 Å². The van der Waals surface area contributed by atoms with Gasteiger partial charge in [-0.1, -0.05) is 30.3 Å². The van der Waals surface area contributed by atoms with Crippen molar-refractivity contribution < 1.29 is 14.1 Å². The van der Waals surface area contributed by atoms with Gasteiger partial charge in [0.1, 0.15) is 18.4 Å². The van der Waals surface area contributed by atoms with E-state index in [0.29, 0.717) is 18.4 Å². The van der Waals surface area contributed by atoms with Crippen LogP contribution >= 0.6 is 0 Å². The lowest BCUT2D eigenvalue weighted by Gasteiger charge is -2.14. The highest BCUT2D eigenvalue weighted by molar-refractivity contribution is 5.59. The number of nitrogens with one attached hydrogen (secondary N) is 2. The van der Waals surface area contributed by atoms with Gasteiger partial charge in [0.25, 0.3) is 0 Å². The molecule has 0 spiro atoms. The lowest BCUT2D eigenvalue weighted by Crippen LogP contribution is -3.11. The van der Waals surface area contributed by atoms with Crippen LogP contribution in [0.4, 0.5) is 5.88 Å². The Labute approximate surface area is 178 Å². The normalized spacial score (nSPS) is 10.7. The van der Waals surface area contributed by atoms with Gasteiger partial charge in [0.05, 0.1) is 19.6 Å². The molecule has 0 bridgehead atoms. The fourth-order valence-corrected chi connectivity index (χ4v) is 3.22. The molecule has 30 heavy (non-hydrogen) atoms. The highest BCUT2D eigenvalue weighted by atomic mass is 16.5. The molecule has 2 N–H and O–H groups in total. The highest BCUT2D eigenvalue weighted by Gasteiger charge is 2.14. The van der Waals surface area contributed by atoms with Gasteiger partial charge in [-0.15, -0.1) is 0 Å². The summed E-state index contributed by atoms with van der Waals surface area (Å²) in [7, 11) is 0. The van der Waals surface area contributed by atoms with Crippen LogP contribution in [0.2, 0.25) is 0 Å². The fraction of sp³-hybridized carbons (Fsp3) is 0.333. The molecule has 3 aromatic rings. The molecule has 0 aliphatic heterocycles. The molecule has 6 nitrogen and oxygen atoms in total. The molecule has 156 valence electrons. The van der Waals surface area contributed by atoms with Crippen LogP contribution in [0.15, 0.2) is 59.0 Å². The zero-order valence-corrected chi connectivity index (χ0v) is 17.6. The third-order valence-electron chi connectivity index (χ3n) is 5.08. The van der Waals surface area contributed by atoms with E-state index in [4.69, 9.17) is 9.15 Å². The fourth-order valence-electron chi connectivity index (χ4n) is 3.22. The Kier molecular flexibility index (Phi) is 7.87. The number of nitrogens with zero attached hydrogens (tertiary/aromatic N) is 2. The zero-order valence-electron chi connectivity index (χ0n) is 17.6. The summed E-state index contributed by atoms with van der Waals surface area (Å²) in [6, 6.07) is 19.7. The average Bonchev–Trinajstić information content (AvgIpc) is 3.22. The first-order chi connectivity index (χ1) is 14.7. The number of ether oxygens (including phenoxy) is 1. The van der Waals surface area contributed by atoms with Gasteiger partial charge in [0.15, 0.2) is 0 Å². The van der Waals surface area contributed by atoms with Gasteiger partial charge in [-0.3, -0.25) is 0 Å². The Morgan fingerprint density at radius 2 is 1.80 bits per heavy atom. The largest absolute Gasteiger partial charge is 0.489 e. The SMILES string of the molecule is CC[NH+](CC)CCCNc1oc(-c2ccc(OCc3ccccc3)cc2)nc1C#N. The van der Waals surface area contributed by atoms with E-state index in [-0.39, 0.29) is 5.69 Å². The standard InChI is InChI=1S/C24H28N4O2/c1-3-28(4-2)16-8-15-26-24-22(17-25)27-23(30-24)20-11-13-21(14-12-20)29-18-19-9-6-5-7-10-19/h5-7,9-14,26H,3-4,8,15-16,18H2,1-2H3/p+1. The Balaban J connectivity index is 1.58. The molecule has 6 heteroatoms. The maximum atomic E-state index is 9.39. The van der Waals surface area contributed by atoms with Crippen LogP contribution < -0.4 is 15.0 Å². The molecule has 0 radical (unpaired) electrons. The summed E-state index contributed by atoms with van der Waals surface area (Å²) in [5.74, 6) is 1.64. The monoisotopic (exact) mass is 405 g/mol. The van der Waals surface area contributed by atoms with Gasteiger partial charge in [0, 0.05) is 18.5 Å². The number of aromatic nitrogens is 1. The minimum Gasteiger partial charge on any atom is -0.489 e. The highest BCUT2D eigenvalue weighted by Crippen LogP contribution is 2.27. The maximum Gasteiger partial charge on any atom is 0.232 e. The van der Waals surface area contributed by atoms with E-state index in [2.05, 4.69) is 30.2 Å². The number of quaternary nitrogens is 1. The summed E-state index contributed by atoms with van der Waals surface area (Å²) in [6.07, 6.45) is 1.01. The van der Waals surface area contributed by atoms with E-state index in [9.17, 15) is 5.26 Å². The Morgan fingerprint density at radius 1 is 1.07 bits per heavy atom. The van der Waals surface area contributed by atoms with Crippen molar-refractivity contribution in [1.82, 2.24) is 4.98 Å². The molecule has 0 saturated heterocycles. The van der Waals surface area contributed by atoms with Crippen molar-refractivity contribution in [2.45, 2.75) is 26.9 Å². The first-order valence-corrected chi connectivity index (χ1v) is 10.5. The van der Waals surface area contributed by atoms with E-state index >= 15 is 0 Å². The smallest absolute Gasteiger partial charge is 0.232 e. The van der Waals surface area contributed by atoms with Gasteiger partial charge in [0.2, 0.25) is 17.5 Å². The quantitative estimate of drug-likeness (QED) is 0.478. The van der Waals surface area contributed by atoms with Crippen molar-refractivity contribution in [1.29, 1.82) is 5.26 Å². The predicted molar refractivity (Wildman–Crippen MR) is 117 cm³/mol. The van der Waals surface area contributed by atoms with Crippen molar-refractivity contribution in [3.8, 4) is 23.3 Å². The summed E-state index contributed by atoms with van der Waals surface area (Å²) in [4.78, 5) is 5.89. The van der Waals surface area contributed by atoms with Crippen molar-refractivity contribution in [2.75, 3.05) is 31.5 Å². The van der Waals surface area contributed by atoms with Crippen LogP contribution in [-0.2, 0) is 6.61 Å². The van der Waals surface area contributed by atoms with E-state index in [1.807, 2.05) is 54.6 Å². The van der Waals surface area contributed by atoms with Crippen LogP contribution in [-0.4, -0.2) is 31.2 Å². The number of rotatable bonds is 11. The van der Waals surface area contributed by atoms with Crippen molar-refractivity contribution in [3.05, 3.63) is 65.9 Å². The molecule has 1 aromatic heterocycles. The number of nitriles is 1. The second-order valence-electron chi connectivity index (χ2n) is 7.09. The van der Waals surface area contributed by atoms with E-state index in [1.54, 1.807) is 4.90 Å². The predicted octanol–water partition coefficient (Wildman–Crippen LogP) is 3.52. The molecular weight excluding hydrogens is 376 g/mol. The molecule has 0 amide bonds. The number of oxazole rings is 1. The Bertz CT molecular complexity index is 942. The second kappa shape index (κ2) is 11.0. The summed E-state index contributed by atoms with van der Waals surface area (Å²) >= 11 is 0. The van der Waals surface area contributed by atoms with Gasteiger partial charge in [-0.05, 0) is 43.7 Å². The second-order valence-corrected chi connectivity index (χ2v) is 7.09. The molecule has 0 aliphatic rings. The Hall–Kier alpha value is -3.30. The molecule has 0 fully saturated rings. The minimum absolute atomic E-state index is 0.282. The molecule has 0 atom stereocenters. The summed E-state index contributed by atoms with van der Waals surface area (Å²) in [5, 5.41) is 12.6. The lowest BCUT2D eigenvalue weighted by atomic mass is 10.2. The molecule has 3 rings (SSSR count). The summed E-state index contributed by atoms with van der Waals surface area (Å²) in [6.45, 7) is 8.99. The third-order valence-corrected chi connectivity index (χ3v) is 5.08. The average molecular weight is 406 g/mol. The first-order valence-electron chi connectivity index (χ1n) is 10.5. The third kappa shape index (κ3) is 5.85. The maximum absolute atomic E-state index is 9.39. The van der Waals surface area contributed by atoms with Gasteiger partial charge in [-0.2, -0.15) is 10.2 Å². The van der Waals surface area contributed by atoms with Crippen LogP contribution in [0.25, 0.3) is 11.5 Å². The molecule has 0 aliphatic carbocycles. The minimum atomic E-state index is 0.282. The number of hydrogen-bond donors (Lipinski definition) is 2. The molecule has 2 aromatic carbocycles. The lowest BCUT2D eigenvalue weighted by molar-refractivity contribution is -0.896. The summed E-state index contributed by atoms with van der Waals surface area (Å²) in [5.41, 5.74) is 2.20. The number of anilines is 1. The van der Waals surface area contributed by atoms with Gasteiger partial charge in [-0.25, -0.2) is 0 Å². The van der Waals surface area contributed by atoms with Crippen LogP contribution in [0.3, 0.4) is 0 Å². The molecule has 0 saturated carbocycles. The van der Waals surface area contributed by atoms with E-state index < -0.39 is 0 Å². The molecular formula is C24H29N4O2+. The van der Waals surface area contributed by atoms with Crippen molar-refractivity contribution in [2.24, 2.45) is 0 Å². The van der Waals surface area contributed by atoms with Crippen LogP contribution in [0, 0.1) is 11.3 Å². The zero-order chi connectivity index (χ0) is 21.2.